The maximum atomic E-state index is 11.7. The summed E-state index contributed by atoms with van der Waals surface area (Å²) < 4.78 is 5.27. The number of hydrogen-bond donors (Lipinski definition) is 1. The van der Waals surface area contributed by atoms with E-state index in [9.17, 15) is 4.79 Å². The first-order valence-electron chi connectivity index (χ1n) is 5.52. The Morgan fingerprint density at radius 1 is 1.47 bits per heavy atom. The lowest BCUT2D eigenvalue weighted by atomic mass is 10.1. The Bertz CT molecular complexity index is 356. The SMILES string of the molecule is Cc1ccc(C(=O)NC2CCC(C)C2)o1. The van der Waals surface area contributed by atoms with Gasteiger partial charge in [0.1, 0.15) is 5.76 Å². The van der Waals surface area contributed by atoms with Crippen LogP contribution in [0.4, 0.5) is 0 Å². The fourth-order valence-corrected chi connectivity index (χ4v) is 2.15. The van der Waals surface area contributed by atoms with E-state index in [1.54, 1.807) is 6.07 Å². The van der Waals surface area contributed by atoms with Crippen molar-refractivity contribution in [3.63, 3.8) is 0 Å². The minimum Gasteiger partial charge on any atom is -0.456 e. The molecule has 1 amide bonds. The highest BCUT2D eigenvalue weighted by Crippen LogP contribution is 2.24. The molecular formula is C12H17NO2. The summed E-state index contributed by atoms with van der Waals surface area (Å²) in [5.74, 6) is 1.85. The number of nitrogens with one attached hydrogen (secondary N) is 1. The molecule has 3 heteroatoms. The Kier molecular flexibility index (Phi) is 2.80. The minimum absolute atomic E-state index is 0.0813. The summed E-state index contributed by atoms with van der Waals surface area (Å²) >= 11 is 0. The first kappa shape index (κ1) is 10.3. The molecule has 0 radical (unpaired) electrons. The van der Waals surface area contributed by atoms with Crippen LogP contribution in [0.1, 0.15) is 42.5 Å². The minimum atomic E-state index is -0.0813. The molecule has 1 aromatic rings. The van der Waals surface area contributed by atoms with Crippen LogP contribution in [-0.4, -0.2) is 11.9 Å². The zero-order valence-electron chi connectivity index (χ0n) is 9.25. The van der Waals surface area contributed by atoms with Crippen LogP contribution in [0.2, 0.25) is 0 Å². The Morgan fingerprint density at radius 2 is 2.27 bits per heavy atom. The van der Waals surface area contributed by atoms with Crippen LogP contribution in [0.3, 0.4) is 0 Å². The molecule has 1 N–H and O–H groups in total. The molecular weight excluding hydrogens is 190 g/mol. The van der Waals surface area contributed by atoms with Crippen molar-refractivity contribution in [3.8, 4) is 0 Å². The zero-order valence-corrected chi connectivity index (χ0v) is 9.25. The second-order valence-electron chi connectivity index (χ2n) is 4.50. The van der Waals surface area contributed by atoms with Crippen molar-refractivity contribution in [1.29, 1.82) is 0 Å². The van der Waals surface area contributed by atoms with Crippen LogP contribution in [0.15, 0.2) is 16.5 Å². The highest BCUT2D eigenvalue weighted by atomic mass is 16.3. The second kappa shape index (κ2) is 4.09. The average Bonchev–Trinajstić information content (AvgIpc) is 2.75. The summed E-state index contributed by atoms with van der Waals surface area (Å²) in [5, 5.41) is 3.01. The zero-order chi connectivity index (χ0) is 10.8. The van der Waals surface area contributed by atoms with Crippen molar-refractivity contribution in [2.45, 2.75) is 39.2 Å². The fourth-order valence-electron chi connectivity index (χ4n) is 2.15. The number of hydrogen-bond acceptors (Lipinski definition) is 2. The number of carbonyl (C=O) groups is 1. The lowest BCUT2D eigenvalue weighted by Gasteiger charge is -2.10. The molecule has 15 heavy (non-hydrogen) atoms. The molecule has 2 rings (SSSR count). The smallest absolute Gasteiger partial charge is 0.287 e. The number of amides is 1. The highest BCUT2D eigenvalue weighted by molar-refractivity contribution is 5.91. The van der Waals surface area contributed by atoms with Gasteiger partial charge in [-0.15, -0.1) is 0 Å². The summed E-state index contributed by atoms with van der Waals surface area (Å²) in [4.78, 5) is 11.7. The molecule has 0 saturated heterocycles. The summed E-state index contributed by atoms with van der Waals surface area (Å²) in [6, 6.07) is 3.87. The third kappa shape index (κ3) is 2.41. The quantitative estimate of drug-likeness (QED) is 0.809. The van der Waals surface area contributed by atoms with Crippen LogP contribution < -0.4 is 5.32 Å². The molecule has 0 aromatic carbocycles. The largest absolute Gasteiger partial charge is 0.456 e. The normalized spacial score (nSPS) is 25.5. The van der Waals surface area contributed by atoms with Gasteiger partial charge in [0.25, 0.3) is 5.91 Å². The Balaban J connectivity index is 1.92. The van der Waals surface area contributed by atoms with Gasteiger partial charge in [-0.25, -0.2) is 0 Å². The van der Waals surface area contributed by atoms with Crippen LogP contribution >= 0.6 is 0 Å². The average molecular weight is 207 g/mol. The molecule has 1 fully saturated rings. The molecule has 0 bridgehead atoms. The molecule has 0 spiro atoms. The van der Waals surface area contributed by atoms with Gasteiger partial charge in [0.2, 0.25) is 0 Å². The summed E-state index contributed by atoms with van der Waals surface area (Å²) in [7, 11) is 0. The monoisotopic (exact) mass is 207 g/mol. The van der Waals surface area contributed by atoms with Gasteiger partial charge in [0.15, 0.2) is 5.76 Å². The third-order valence-electron chi connectivity index (χ3n) is 2.99. The summed E-state index contributed by atoms with van der Waals surface area (Å²) in [6.45, 7) is 4.07. The van der Waals surface area contributed by atoms with Crippen molar-refractivity contribution in [1.82, 2.24) is 5.32 Å². The van der Waals surface area contributed by atoms with E-state index in [2.05, 4.69) is 12.2 Å². The first-order chi connectivity index (χ1) is 7.15. The van der Waals surface area contributed by atoms with Crippen LogP contribution in [0, 0.1) is 12.8 Å². The van der Waals surface area contributed by atoms with E-state index in [4.69, 9.17) is 4.42 Å². The molecule has 0 aliphatic heterocycles. The lowest BCUT2D eigenvalue weighted by molar-refractivity contribution is 0.0908. The predicted molar refractivity (Wildman–Crippen MR) is 57.7 cm³/mol. The number of rotatable bonds is 2. The molecule has 1 aliphatic carbocycles. The van der Waals surface area contributed by atoms with E-state index in [0.717, 1.165) is 24.5 Å². The number of aryl methyl sites for hydroxylation is 1. The topological polar surface area (TPSA) is 42.2 Å². The molecule has 1 heterocycles. The predicted octanol–water partition coefficient (Wildman–Crippen LogP) is 2.51. The molecule has 82 valence electrons. The molecule has 3 nitrogen and oxygen atoms in total. The standard InChI is InChI=1S/C12H17NO2/c1-8-3-5-10(7-8)13-12(14)11-6-4-9(2)15-11/h4,6,8,10H,3,5,7H2,1-2H3,(H,13,14). The van der Waals surface area contributed by atoms with Gasteiger partial charge in [-0.05, 0) is 44.2 Å². The van der Waals surface area contributed by atoms with Crippen molar-refractivity contribution < 1.29 is 9.21 Å². The van der Waals surface area contributed by atoms with Gasteiger partial charge in [0.05, 0.1) is 0 Å². The van der Waals surface area contributed by atoms with E-state index < -0.39 is 0 Å². The van der Waals surface area contributed by atoms with Gasteiger partial charge in [0, 0.05) is 6.04 Å². The van der Waals surface area contributed by atoms with E-state index in [1.807, 2.05) is 13.0 Å². The van der Waals surface area contributed by atoms with Crippen molar-refractivity contribution in [2.75, 3.05) is 0 Å². The lowest BCUT2D eigenvalue weighted by Crippen LogP contribution is -2.32. The van der Waals surface area contributed by atoms with E-state index >= 15 is 0 Å². The molecule has 1 aliphatic rings. The summed E-state index contributed by atoms with van der Waals surface area (Å²) in [5.41, 5.74) is 0. The highest BCUT2D eigenvalue weighted by Gasteiger charge is 2.23. The maximum Gasteiger partial charge on any atom is 0.287 e. The van der Waals surface area contributed by atoms with Gasteiger partial charge >= 0.3 is 0 Å². The summed E-state index contributed by atoms with van der Waals surface area (Å²) in [6.07, 6.45) is 3.39. The fraction of sp³-hybridized carbons (Fsp3) is 0.583. The van der Waals surface area contributed by atoms with Gasteiger partial charge in [-0.3, -0.25) is 4.79 Å². The number of carbonyl (C=O) groups excluding carboxylic acids is 1. The second-order valence-corrected chi connectivity index (χ2v) is 4.50. The van der Waals surface area contributed by atoms with Gasteiger partial charge in [-0.2, -0.15) is 0 Å². The van der Waals surface area contributed by atoms with Crippen LogP contribution in [-0.2, 0) is 0 Å². The Morgan fingerprint density at radius 3 is 2.80 bits per heavy atom. The number of furan rings is 1. The van der Waals surface area contributed by atoms with Crippen molar-refractivity contribution >= 4 is 5.91 Å². The van der Waals surface area contributed by atoms with Crippen LogP contribution in [0.25, 0.3) is 0 Å². The van der Waals surface area contributed by atoms with Crippen molar-refractivity contribution in [2.24, 2.45) is 5.92 Å². The molecule has 2 unspecified atom stereocenters. The Labute approximate surface area is 89.9 Å². The van der Waals surface area contributed by atoms with E-state index in [0.29, 0.717) is 11.8 Å². The first-order valence-corrected chi connectivity index (χ1v) is 5.52. The molecule has 1 aromatic heterocycles. The van der Waals surface area contributed by atoms with Crippen LogP contribution in [0.5, 0.6) is 0 Å². The maximum absolute atomic E-state index is 11.7. The third-order valence-corrected chi connectivity index (χ3v) is 2.99. The van der Waals surface area contributed by atoms with Crippen molar-refractivity contribution in [3.05, 3.63) is 23.7 Å². The van der Waals surface area contributed by atoms with E-state index in [-0.39, 0.29) is 5.91 Å². The van der Waals surface area contributed by atoms with Gasteiger partial charge < -0.3 is 9.73 Å². The van der Waals surface area contributed by atoms with E-state index in [1.165, 1.54) is 6.42 Å². The Hall–Kier alpha value is -1.25. The molecule has 2 atom stereocenters. The molecule has 1 saturated carbocycles. The van der Waals surface area contributed by atoms with Gasteiger partial charge in [-0.1, -0.05) is 6.92 Å².